The van der Waals surface area contributed by atoms with Gasteiger partial charge >= 0.3 is 5.97 Å². The molecule has 17 heavy (non-hydrogen) atoms. The van der Waals surface area contributed by atoms with Crippen molar-refractivity contribution in [3.8, 4) is 11.1 Å². The fourth-order valence-corrected chi connectivity index (χ4v) is 2.33. The number of pyridine rings is 1. The summed E-state index contributed by atoms with van der Waals surface area (Å²) in [4.78, 5) is 15.3. The Kier molecular flexibility index (Phi) is 1.85. The van der Waals surface area contributed by atoms with E-state index in [-0.39, 0.29) is 0 Å². The van der Waals surface area contributed by atoms with Gasteiger partial charge in [0.15, 0.2) is 0 Å². The minimum Gasteiger partial charge on any atom is -0.479 e. The average Bonchev–Trinajstić information content (AvgIpc) is 2.63. The van der Waals surface area contributed by atoms with Crippen LogP contribution in [0.4, 0.5) is 0 Å². The first-order chi connectivity index (χ1) is 8.15. The Labute approximate surface area is 97.2 Å². The van der Waals surface area contributed by atoms with E-state index in [4.69, 9.17) is 0 Å². The van der Waals surface area contributed by atoms with Gasteiger partial charge in [-0.3, -0.25) is 4.98 Å². The van der Waals surface area contributed by atoms with Crippen molar-refractivity contribution < 1.29 is 15.0 Å². The second kappa shape index (κ2) is 3.15. The number of aromatic nitrogens is 1. The molecule has 4 heteroatoms. The molecule has 1 aliphatic carbocycles. The third kappa shape index (κ3) is 1.10. The minimum absolute atomic E-state index is 0.328. The summed E-state index contributed by atoms with van der Waals surface area (Å²) < 4.78 is 0. The lowest BCUT2D eigenvalue weighted by Gasteiger charge is -2.19. The van der Waals surface area contributed by atoms with Crippen LogP contribution in [-0.2, 0) is 10.4 Å². The number of fused-ring (bicyclic) bond motifs is 3. The first kappa shape index (κ1) is 9.99. The summed E-state index contributed by atoms with van der Waals surface area (Å²) in [7, 11) is 0. The molecule has 0 amide bonds. The molecule has 1 atom stereocenters. The molecule has 0 unspecified atom stereocenters. The van der Waals surface area contributed by atoms with Gasteiger partial charge in [-0.2, -0.15) is 0 Å². The maximum atomic E-state index is 11.4. The van der Waals surface area contributed by atoms with Crippen LogP contribution in [-0.4, -0.2) is 21.2 Å². The molecule has 0 radical (unpaired) electrons. The maximum absolute atomic E-state index is 11.4. The van der Waals surface area contributed by atoms with Crippen molar-refractivity contribution in [2.24, 2.45) is 0 Å². The Morgan fingerprint density at radius 1 is 1.12 bits per heavy atom. The number of nitrogens with zero attached hydrogens (tertiary/aromatic N) is 1. The summed E-state index contributed by atoms with van der Waals surface area (Å²) in [6.45, 7) is 0. The number of hydrogen-bond donors (Lipinski definition) is 2. The summed E-state index contributed by atoms with van der Waals surface area (Å²) in [5.74, 6) is -1.28. The predicted molar refractivity (Wildman–Crippen MR) is 60.3 cm³/mol. The number of aliphatic hydroxyl groups is 1. The number of aliphatic carboxylic acids is 1. The Bertz CT molecular complexity index is 576. The van der Waals surface area contributed by atoms with Crippen LogP contribution in [0.2, 0.25) is 0 Å². The van der Waals surface area contributed by atoms with E-state index in [1.807, 2.05) is 6.07 Å². The van der Waals surface area contributed by atoms with Crippen LogP contribution in [0.1, 0.15) is 11.1 Å². The standard InChI is InChI=1S/C13H9NO3/c15-12(16)13(17)10-4-2-1-3-8(10)9-5-6-14-7-11(9)13/h1-7,17H,(H,15,16)/t13-/m1/s1. The van der Waals surface area contributed by atoms with E-state index in [0.717, 1.165) is 11.1 Å². The zero-order valence-corrected chi connectivity index (χ0v) is 8.79. The van der Waals surface area contributed by atoms with Gasteiger partial charge in [0.2, 0.25) is 5.60 Å². The zero-order valence-electron chi connectivity index (χ0n) is 8.79. The predicted octanol–water partition coefficient (Wildman–Crippen LogP) is 1.38. The fourth-order valence-electron chi connectivity index (χ4n) is 2.33. The molecule has 1 aromatic heterocycles. The molecule has 84 valence electrons. The molecule has 2 aromatic rings. The van der Waals surface area contributed by atoms with Gasteiger partial charge in [0.1, 0.15) is 0 Å². The highest BCUT2D eigenvalue weighted by molar-refractivity contribution is 5.94. The molecule has 0 fully saturated rings. The molecule has 0 aliphatic heterocycles. The van der Waals surface area contributed by atoms with Gasteiger partial charge in [0, 0.05) is 23.5 Å². The average molecular weight is 227 g/mol. The van der Waals surface area contributed by atoms with Gasteiger partial charge in [-0.1, -0.05) is 24.3 Å². The van der Waals surface area contributed by atoms with Gasteiger partial charge in [-0.15, -0.1) is 0 Å². The number of benzene rings is 1. The van der Waals surface area contributed by atoms with Crippen molar-refractivity contribution in [1.29, 1.82) is 0 Å². The van der Waals surface area contributed by atoms with Crippen LogP contribution in [0.3, 0.4) is 0 Å². The van der Waals surface area contributed by atoms with Crippen LogP contribution < -0.4 is 0 Å². The van der Waals surface area contributed by atoms with Crippen molar-refractivity contribution in [3.63, 3.8) is 0 Å². The first-order valence-electron chi connectivity index (χ1n) is 5.16. The normalized spacial score (nSPS) is 20.8. The van der Waals surface area contributed by atoms with Gasteiger partial charge in [0.05, 0.1) is 0 Å². The second-order valence-electron chi connectivity index (χ2n) is 3.98. The number of rotatable bonds is 1. The number of carbonyl (C=O) groups is 1. The van der Waals surface area contributed by atoms with E-state index in [0.29, 0.717) is 11.1 Å². The Morgan fingerprint density at radius 3 is 2.59 bits per heavy atom. The lowest BCUT2D eigenvalue weighted by Crippen LogP contribution is -2.34. The van der Waals surface area contributed by atoms with E-state index in [2.05, 4.69) is 4.98 Å². The smallest absolute Gasteiger partial charge is 0.345 e. The largest absolute Gasteiger partial charge is 0.479 e. The summed E-state index contributed by atoms with van der Waals surface area (Å²) in [5, 5.41) is 19.7. The lowest BCUT2D eigenvalue weighted by molar-refractivity contribution is -0.154. The molecular formula is C13H9NO3. The van der Waals surface area contributed by atoms with Crippen LogP contribution in [0.15, 0.2) is 42.7 Å². The van der Waals surface area contributed by atoms with E-state index in [9.17, 15) is 15.0 Å². The van der Waals surface area contributed by atoms with E-state index >= 15 is 0 Å². The zero-order chi connectivity index (χ0) is 12.0. The summed E-state index contributed by atoms with van der Waals surface area (Å²) >= 11 is 0. The third-order valence-electron chi connectivity index (χ3n) is 3.13. The van der Waals surface area contributed by atoms with Gasteiger partial charge < -0.3 is 10.2 Å². The highest BCUT2D eigenvalue weighted by atomic mass is 16.4. The summed E-state index contributed by atoms with van der Waals surface area (Å²) in [5.41, 5.74) is 0.208. The Hall–Kier alpha value is -2.20. The van der Waals surface area contributed by atoms with Crippen LogP contribution in [0.5, 0.6) is 0 Å². The Balaban J connectivity index is 2.43. The molecule has 0 bridgehead atoms. The topological polar surface area (TPSA) is 70.4 Å². The van der Waals surface area contributed by atoms with Crippen molar-refractivity contribution in [2.45, 2.75) is 5.60 Å². The molecular weight excluding hydrogens is 218 g/mol. The van der Waals surface area contributed by atoms with Crippen molar-refractivity contribution in [3.05, 3.63) is 53.9 Å². The van der Waals surface area contributed by atoms with Crippen LogP contribution in [0, 0.1) is 0 Å². The third-order valence-corrected chi connectivity index (χ3v) is 3.13. The molecule has 1 aliphatic rings. The van der Waals surface area contributed by atoms with Crippen molar-refractivity contribution >= 4 is 5.97 Å². The highest BCUT2D eigenvalue weighted by Crippen LogP contribution is 2.46. The van der Waals surface area contributed by atoms with Crippen LogP contribution >= 0.6 is 0 Å². The number of hydrogen-bond acceptors (Lipinski definition) is 3. The lowest BCUT2D eigenvalue weighted by atomic mass is 9.93. The van der Waals surface area contributed by atoms with Crippen molar-refractivity contribution in [1.82, 2.24) is 4.98 Å². The fraction of sp³-hybridized carbons (Fsp3) is 0.0769. The van der Waals surface area contributed by atoms with Crippen molar-refractivity contribution in [2.75, 3.05) is 0 Å². The quantitative estimate of drug-likeness (QED) is 0.772. The maximum Gasteiger partial charge on any atom is 0.345 e. The molecule has 3 rings (SSSR count). The van der Waals surface area contributed by atoms with E-state index in [1.165, 1.54) is 6.20 Å². The SMILES string of the molecule is O=C(O)[C@@]1(O)c2ccccc2-c2ccncc21. The van der Waals surface area contributed by atoms with Crippen LogP contribution in [0.25, 0.3) is 11.1 Å². The van der Waals surface area contributed by atoms with E-state index in [1.54, 1.807) is 30.5 Å². The molecule has 0 spiro atoms. The molecule has 1 heterocycles. The molecule has 1 aromatic carbocycles. The molecule has 2 N–H and O–H groups in total. The van der Waals surface area contributed by atoms with Gasteiger partial charge in [0.25, 0.3) is 0 Å². The number of carboxylic acids is 1. The van der Waals surface area contributed by atoms with E-state index < -0.39 is 11.6 Å². The first-order valence-corrected chi connectivity index (χ1v) is 5.16. The number of carboxylic acid groups (broad SMARTS) is 1. The monoisotopic (exact) mass is 227 g/mol. The minimum atomic E-state index is -1.99. The second-order valence-corrected chi connectivity index (χ2v) is 3.98. The van der Waals surface area contributed by atoms with Gasteiger partial charge in [-0.25, -0.2) is 4.79 Å². The Morgan fingerprint density at radius 2 is 1.82 bits per heavy atom. The molecule has 4 nitrogen and oxygen atoms in total. The summed E-state index contributed by atoms with van der Waals surface area (Å²) in [6, 6.07) is 8.68. The summed E-state index contributed by atoms with van der Waals surface area (Å²) in [6.07, 6.45) is 2.99. The molecule has 0 saturated carbocycles. The van der Waals surface area contributed by atoms with Gasteiger partial charge in [-0.05, 0) is 17.2 Å². The highest BCUT2D eigenvalue weighted by Gasteiger charge is 2.48. The molecule has 0 saturated heterocycles.